The molecule has 3 heteroatoms. The fourth-order valence-electron chi connectivity index (χ4n) is 1.54. The van der Waals surface area contributed by atoms with Gasteiger partial charge in [0.2, 0.25) is 0 Å². The second-order valence-electron chi connectivity index (χ2n) is 3.24. The van der Waals surface area contributed by atoms with Crippen LogP contribution >= 0.6 is 0 Å². The maximum atomic E-state index is 11.3. The van der Waals surface area contributed by atoms with Gasteiger partial charge in [0.15, 0.2) is 0 Å². The monoisotopic (exact) mass is 181 g/mol. The van der Waals surface area contributed by atoms with Crippen molar-refractivity contribution >= 4 is 12.2 Å². The van der Waals surface area contributed by atoms with Crippen molar-refractivity contribution in [2.24, 2.45) is 11.1 Å². The number of carbonyl (C=O) groups excluding carboxylic acids is 1. The number of hydrogen-bond donors (Lipinski definition) is 0. The topological polar surface area (TPSA) is 38.7 Å². The van der Waals surface area contributed by atoms with Gasteiger partial charge in [-0.3, -0.25) is 0 Å². The van der Waals surface area contributed by atoms with Crippen LogP contribution < -0.4 is 0 Å². The molecule has 72 valence electrons. The lowest BCUT2D eigenvalue weighted by Gasteiger charge is -2.17. The van der Waals surface area contributed by atoms with Crippen molar-refractivity contribution in [3.05, 3.63) is 12.7 Å². The van der Waals surface area contributed by atoms with E-state index in [0.29, 0.717) is 0 Å². The summed E-state index contributed by atoms with van der Waals surface area (Å²) in [7, 11) is 0. The lowest BCUT2D eigenvalue weighted by Crippen LogP contribution is -2.18. The number of carbonyl (C=O) groups is 1. The van der Waals surface area contributed by atoms with E-state index in [2.05, 4.69) is 16.6 Å². The summed E-state index contributed by atoms with van der Waals surface area (Å²) in [6, 6.07) is 0. The van der Waals surface area contributed by atoms with Gasteiger partial charge in [-0.05, 0) is 18.9 Å². The van der Waals surface area contributed by atoms with E-state index in [-0.39, 0.29) is 11.9 Å². The van der Waals surface area contributed by atoms with Crippen molar-refractivity contribution in [1.82, 2.24) is 0 Å². The number of oxime groups is 1. The van der Waals surface area contributed by atoms with E-state index in [1.54, 1.807) is 0 Å². The first-order valence-electron chi connectivity index (χ1n) is 4.70. The Labute approximate surface area is 78.5 Å². The molecule has 0 aromatic rings. The zero-order chi connectivity index (χ0) is 9.52. The molecule has 0 aromatic carbocycles. The maximum absolute atomic E-state index is 11.3. The van der Waals surface area contributed by atoms with Crippen LogP contribution in [-0.4, -0.2) is 12.2 Å². The Kier molecular flexibility index (Phi) is 4.23. The van der Waals surface area contributed by atoms with E-state index in [1.807, 2.05) is 0 Å². The van der Waals surface area contributed by atoms with Crippen LogP contribution in [0.15, 0.2) is 17.8 Å². The fraction of sp³-hybridized carbons (Fsp3) is 0.600. The molecule has 0 N–H and O–H groups in total. The minimum Gasteiger partial charge on any atom is -0.318 e. The van der Waals surface area contributed by atoms with Crippen LogP contribution in [0.3, 0.4) is 0 Å². The second-order valence-corrected chi connectivity index (χ2v) is 3.24. The minimum atomic E-state index is -0.196. The van der Waals surface area contributed by atoms with Crippen molar-refractivity contribution in [2.45, 2.75) is 32.1 Å². The predicted octanol–water partition coefficient (Wildman–Crippen LogP) is 2.28. The molecule has 0 saturated heterocycles. The second kappa shape index (κ2) is 5.51. The summed E-state index contributed by atoms with van der Waals surface area (Å²) in [4.78, 5) is 16.0. The molecule has 0 spiro atoms. The Morgan fingerprint density at radius 2 is 2.08 bits per heavy atom. The molecule has 3 nitrogen and oxygen atoms in total. The van der Waals surface area contributed by atoms with Crippen LogP contribution in [0.1, 0.15) is 32.1 Å². The lowest BCUT2D eigenvalue weighted by molar-refractivity contribution is -0.149. The molecule has 1 saturated carbocycles. The predicted molar refractivity (Wildman–Crippen MR) is 51.4 cm³/mol. The van der Waals surface area contributed by atoms with Crippen LogP contribution in [0, 0.1) is 5.92 Å². The van der Waals surface area contributed by atoms with Crippen molar-refractivity contribution in [2.75, 3.05) is 0 Å². The minimum absolute atomic E-state index is 0.0655. The van der Waals surface area contributed by atoms with E-state index in [9.17, 15) is 4.79 Å². The number of nitrogens with zero attached hydrogens (tertiary/aromatic N) is 1. The number of allylic oxidation sites excluding steroid dienone is 1. The molecule has 0 radical (unpaired) electrons. The first-order chi connectivity index (χ1) is 6.34. The van der Waals surface area contributed by atoms with Gasteiger partial charge >= 0.3 is 5.97 Å². The summed E-state index contributed by atoms with van der Waals surface area (Å²) >= 11 is 0. The van der Waals surface area contributed by atoms with Crippen LogP contribution in [-0.2, 0) is 9.63 Å². The van der Waals surface area contributed by atoms with Gasteiger partial charge in [-0.25, -0.2) is 4.79 Å². The van der Waals surface area contributed by atoms with Crippen molar-refractivity contribution in [3.63, 3.8) is 0 Å². The Morgan fingerprint density at radius 1 is 1.38 bits per heavy atom. The molecule has 1 rings (SSSR count). The molecule has 0 atom stereocenters. The highest BCUT2D eigenvalue weighted by Crippen LogP contribution is 2.24. The van der Waals surface area contributed by atoms with Gasteiger partial charge in [0.25, 0.3) is 0 Å². The Balaban J connectivity index is 2.28. The third-order valence-corrected chi connectivity index (χ3v) is 2.25. The third kappa shape index (κ3) is 3.40. The van der Waals surface area contributed by atoms with Gasteiger partial charge in [0.1, 0.15) is 0 Å². The molecule has 0 aliphatic heterocycles. The van der Waals surface area contributed by atoms with Crippen molar-refractivity contribution in [1.29, 1.82) is 0 Å². The van der Waals surface area contributed by atoms with Gasteiger partial charge < -0.3 is 4.84 Å². The normalized spacial score (nSPS) is 18.8. The molecule has 13 heavy (non-hydrogen) atoms. The van der Waals surface area contributed by atoms with E-state index in [4.69, 9.17) is 0 Å². The molecule has 0 heterocycles. The molecule has 1 fully saturated rings. The lowest BCUT2D eigenvalue weighted by atomic mass is 9.89. The first kappa shape index (κ1) is 9.96. The summed E-state index contributed by atoms with van der Waals surface area (Å²) in [5.41, 5.74) is 0. The molecule has 0 unspecified atom stereocenters. The Bertz CT molecular complexity index is 205. The van der Waals surface area contributed by atoms with E-state index < -0.39 is 0 Å². The molecular formula is C10H15NO2. The molecular weight excluding hydrogens is 166 g/mol. The largest absolute Gasteiger partial charge is 0.338 e. The fourth-order valence-corrected chi connectivity index (χ4v) is 1.54. The van der Waals surface area contributed by atoms with Crippen molar-refractivity contribution in [3.8, 4) is 0 Å². The molecule has 1 aliphatic carbocycles. The Morgan fingerprint density at radius 3 is 2.69 bits per heavy atom. The van der Waals surface area contributed by atoms with Crippen molar-refractivity contribution < 1.29 is 9.63 Å². The standard InChI is InChI=1S/C10H15NO2/c1-2-8-11-13-10(12)9-6-4-3-5-7-9/h2,8-9H,1,3-7H2/b11-8-. The maximum Gasteiger partial charge on any atom is 0.338 e. The molecule has 0 bridgehead atoms. The molecule has 1 aliphatic rings. The van der Waals surface area contributed by atoms with Gasteiger partial charge in [-0.1, -0.05) is 31.0 Å². The van der Waals surface area contributed by atoms with Crippen LogP contribution in [0.4, 0.5) is 0 Å². The van der Waals surface area contributed by atoms with Crippen LogP contribution in [0.25, 0.3) is 0 Å². The highest BCUT2D eigenvalue weighted by Gasteiger charge is 2.22. The van der Waals surface area contributed by atoms with Gasteiger partial charge in [-0.2, -0.15) is 0 Å². The quantitative estimate of drug-likeness (QED) is 0.380. The SMILES string of the molecule is C=C/C=N\OC(=O)C1CCCCC1. The molecule has 0 amide bonds. The van der Waals surface area contributed by atoms with Gasteiger partial charge in [0.05, 0.1) is 12.1 Å². The average molecular weight is 181 g/mol. The summed E-state index contributed by atoms with van der Waals surface area (Å²) in [6.07, 6.45) is 8.25. The third-order valence-electron chi connectivity index (χ3n) is 2.25. The average Bonchev–Trinajstić information content (AvgIpc) is 2.19. The summed E-state index contributed by atoms with van der Waals surface area (Å²) in [6.45, 7) is 3.43. The van der Waals surface area contributed by atoms with Crippen LogP contribution in [0.5, 0.6) is 0 Å². The summed E-state index contributed by atoms with van der Waals surface area (Å²) in [5, 5.41) is 3.47. The van der Waals surface area contributed by atoms with Gasteiger partial charge in [-0.15, -0.1) is 0 Å². The highest BCUT2D eigenvalue weighted by atomic mass is 16.7. The first-order valence-corrected chi connectivity index (χ1v) is 4.70. The van der Waals surface area contributed by atoms with Gasteiger partial charge in [0, 0.05) is 0 Å². The molecule has 0 aromatic heterocycles. The summed E-state index contributed by atoms with van der Waals surface area (Å²) < 4.78 is 0. The Hall–Kier alpha value is -1.12. The smallest absolute Gasteiger partial charge is 0.318 e. The zero-order valence-electron chi connectivity index (χ0n) is 7.74. The highest BCUT2D eigenvalue weighted by molar-refractivity contribution is 5.74. The van der Waals surface area contributed by atoms with Crippen LogP contribution in [0.2, 0.25) is 0 Å². The number of hydrogen-bond acceptors (Lipinski definition) is 3. The van der Waals surface area contributed by atoms with E-state index in [0.717, 1.165) is 25.7 Å². The van der Waals surface area contributed by atoms with E-state index >= 15 is 0 Å². The zero-order valence-corrected chi connectivity index (χ0v) is 7.74. The summed E-state index contributed by atoms with van der Waals surface area (Å²) in [5.74, 6) is -0.131. The number of rotatable bonds is 3. The van der Waals surface area contributed by atoms with E-state index in [1.165, 1.54) is 18.7 Å².